The average molecular weight is 209 g/mol. The molecule has 0 unspecified atom stereocenters. The second kappa shape index (κ2) is 5.19. The highest BCUT2D eigenvalue weighted by molar-refractivity contribution is 5.71. The van der Waals surface area contributed by atoms with Crippen molar-refractivity contribution in [1.29, 1.82) is 0 Å². The first kappa shape index (κ1) is 11.3. The summed E-state index contributed by atoms with van der Waals surface area (Å²) in [5.74, 6) is 0.585. The van der Waals surface area contributed by atoms with Gasteiger partial charge in [-0.2, -0.15) is 0 Å². The molecule has 0 aromatic carbocycles. The van der Waals surface area contributed by atoms with E-state index in [0.29, 0.717) is 12.4 Å². The summed E-state index contributed by atoms with van der Waals surface area (Å²) in [6.45, 7) is 0.587. The molecule has 5 heteroatoms. The summed E-state index contributed by atoms with van der Waals surface area (Å²) in [7, 11) is 3.24. The molecule has 82 valence electrons. The van der Waals surface area contributed by atoms with Crippen LogP contribution in [0.15, 0.2) is 18.3 Å². The summed E-state index contributed by atoms with van der Waals surface area (Å²) in [6.07, 6.45) is 2.46. The van der Waals surface area contributed by atoms with Crippen molar-refractivity contribution in [2.45, 2.75) is 6.42 Å². The number of ether oxygens (including phenoxy) is 1. The Morgan fingerprint density at radius 2 is 2.33 bits per heavy atom. The lowest BCUT2D eigenvalue weighted by Gasteiger charge is -2.13. The van der Waals surface area contributed by atoms with Gasteiger partial charge >= 0.3 is 6.03 Å². The van der Waals surface area contributed by atoms with Crippen LogP contribution in [0.1, 0.15) is 5.56 Å². The predicted octanol–water partition coefficient (Wildman–Crippen LogP) is 0.643. The Labute approximate surface area is 88.9 Å². The molecule has 1 aromatic rings. The zero-order valence-electron chi connectivity index (χ0n) is 8.93. The number of urea groups is 1. The molecular formula is C10H15N3O2. The highest BCUT2D eigenvalue weighted by Gasteiger charge is 2.03. The number of likely N-dealkylation sites (N-methyl/N-ethyl adjacent to an activating group) is 1. The van der Waals surface area contributed by atoms with E-state index in [4.69, 9.17) is 10.5 Å². The fourth-order valence-corrected chi connectivity index (χ4v) is 1.09. The molecule has 0 spiro atoms. The average Bonchev–Trinajstić information content (AvgIpc) is 2.26. The summed E-state index contributed by atoms with van der Waals surface area (Å²) in [5.41, 5.74) is 6.14. The highest BCUT2D eigenvalue weighted by Crippen LogP contribution is 2.07. The van der Waals surface area contributed by atoms with E-state index in [1.807, 2.05) is 6.07 Å². The molecule has 1 rings (SSSR count). The van der Waals surface area contributed by atoms with E-state index in [-0.39, 0.29) is 0 Å². The van der Waals surface area contributed by atoms with Gasteiger partial charge in [-0.15, -0.1) is 0 Å². The summed E-state index contributed by atoms with van der Waals surface area (Å²) in [6, 6.07) is 3.29. The number of carbonyl (C=O) groups is 1. The number of nitrogens with two attached hydrogens (primary N) is 1. The fourth-order valence-electron chi connectivity index (χ4n) is 1.09. The summed E-state index contributed by atoms with van der Waals surface area (Å²) in [4.78, 5) is 16.3. The zero-order chi connectivity index (χ0) is 11.3. The maximum atomic E-state index is 10.7. The maximum Gasteiger partial charge on any atom is 0.314 e. The number of carbonyl (C=O) groups excluding carboxylic acids is 1. The topological polar surface area (TPSA) is 68.5 Å². The summed E-state index contributed by atoms with van der Waals surface area (Å²) < 4.78 is 4.94. The van der Waals surface area contributed by atoms with Gasteiger partial charge in [0.15, 0.2) is 0 Å². The van der Waals surface area contributed by atoms with Gasteiger partial charge in [0, 0.05) is 25.9 Å². The Bertz CT molecular complexity index is 324. The Kier molecular flexibility index (Phi) is 3.91. The highest BCUT2D eigenvalue weighted by atomic mass is 16.5. The van der Waals surface area contributed by atoms with Crippen LogP contribution in [0.3, 0.4) is 0 Å². The number of amides is 2. The van der Waals surface area contributed by atoms with Gasteiger partial charge in [0.2, 0.25) is 5.88 Å². The molecule has 0 aliphatic carbocycles. The molecular weight excluding hydrogens is 194 g/mol. The molecule has 5 nitrogen and oxygen atoms in total. The Morgan fingerprint density at radius 3 is 2.80 bits per heavy atom. The minimum atomic E-state index is -0.420. The first-order chi connectivity index (χ1) is 7.13. The van der Waals surface area contributed by atoms with Gasteiger partial charge < -0.3 is 15.4 Å². The van der Waals surface area contributed by atoms with Crippen LogP contribution in [0.25, 0.3) is 0 Å². The number of pyridine rings is 1. The van der Waals surface area contributed by atoms with E-state index in [2.05, 4.69) is 4.98 Å². The quantitative estimate of drug-likeness (QED) is 0.791. The van der Waals surface area contributed by atoms with Crippen LogP contribution in [0, 0.1) is 0 Å². The van der Waals surface area contributed by atoms with Crippen molar-refractivity contribution in [3.63, 3.8) is 0 Å². The second-order valence-electron chi connectivity index (χ2n) is 3.22. The van der Waals surface area contributed by atoms with Crippen molar-refractivity contribution < 1.29 is 9.53 Å². The van der Waals surface area contributed by atoms with Crippen molar-refractivity contribution in [2.24, 2.45) is 5.73 Å². The van der Waals surface area contributed by atoms with Gasteiger partial charge in [0.25, 0.3) is 0 Å². The lowest BCUT2D eigenvalue weighted by molar-refractivity contribution is 0.219. The van der Waals surface area contributed by atoms with Gasteiger partial charge in [0.1, 0.15) is 0 Å². The van der Waals surface area contributed by atoms with Crippen LogP contribution in [0.4, 0.5) is 4.79 Å². The number of aromatic nitrogens is 1. The van der Waals surface area contributed by atoms with Gasteiger partial charge in [0.05, 0.1) is 7.11 Å². The molecule has 2 amide bonds. The number of primary amides is 1. The first-order valence-corrected chi connectivity index (χ1v) is 4.63. The van der Waals surface area contributed by atoms with E-state index < -0.39 is 6.03 Å². The van der Waals surface area contributed by atoms with Crippen LogP contribution in [-0.2, 0) is 6.42 Å². The zero-order valence-corrected chi connectivity index (χ0v) is 8.93. The molecule has 0 saturated carbocycles. The Morgan fingerprint density at radius 1 is 1.60 bits per heavy atom. The van der Waals surface area contributed by atoms with Crippen LogP contribution in [0.5, 0.6) is 5.88 Å². The molecule has 2 N–H and O–H groups in total. The first-order valence-electron chi connectivity index (χ1n) is 4.63. The van der Waals surface area contributed by atoms with Crippen LogP contribution >= 0.6 is 0 Å². The number of hydrogen-bond donors (Lipinski definition) is 1. The molecule has 0 saturated heterocycles. The fraction of sp³-hybridized carbons (Fsp3) is 0.400. The van der Waals surface area contributed by atoms with Gasteiger partial charge in [-0.25, -0.2) is 9.78 Å². The van der Waals surface area contributed by atoms with Crippen molar-refractivity contribution >= 4 is 6.03 Å². The van der Waals surface area contributed by atoms with Crippen molar-refractivity contribution in [2.75, 3.05) is 20.7 Å². The Balaban J connectivity index is 2.47. The predicted molar refractivity (Wildman–Crippen MR) is 56.7 cm³/mol. The molecule has 0 fully saturated rings. The monoisotopic (exact) mass is 209 g/mol. The minimum Gasteiger partial charge on any atom is -0.481 e. The molecule has 0 bridgehead atoms. The summed E-state index contributed by atoms with van der Waals surface area (Å²) in [5, 5.41) is 0. The van der Waals surface area contributed by atoms with Crippen LogP contribution < -0.4 is 10.5 Å². The maximum absolute atomic E-state index is 10.7. The standard InChI is InChI=1S/C10H15N3O2/c1-13(10(11)14)6-5-8-3-4-9(15-2)12-7-8/h3-4,7H,5-6H2,1-2H3,(H2,11,14). The largest absolute Gasteiger partial charge is 0.481 e. The number of nitrogens with zero attached hydrogens (tertiary/aromatic N) is 2. The molecule has 0 aliphatic rings. The summed E-state index contributed by atoms with van der Waals surface area (Å²) >= 11 is 0. The third-order valence-electron chi connectivity index (χ3n) is 2.12. The van der Waals surface area contributed by atoms with E-state index in [0.717, 1.165) is 12.0 Å². The molecule has 0 atom stereocenters. The van der Waals surface area contributed by atoms with Crippen LogP contribution in [0.2, 0.25) is 0 Å². The van der Waals surface area contributed by atoms with Crippen molar-refractivity contribution in [1.82, 2.24) is 9.88 Å². The SMILES string of the molecule is COc1ccc(CCN(C)C(N)=O)cn1. The molecule has 0 radical (unpaired) electrons. The van der Waals surface area contributed by atoms with Crippen LogP contribution in [-0.4, -0.2) is 36.6 Å². The second-order valence-corrected chi connectivity index (χ2v) is 3.22. The van der Waals surface area contributed by atoms with E-state index in [9.17, 15) is 4.79 Å². The van der Waals surface area contributed by atoms with Crippen molar-refractivity contribution in [3.8, 4) is 5.88 Å². The van der Waals surface area contributed by atoms with Gasteiger partial charge in [-0.1, -0.05) is 6.07 Å². The normalized spacial score (nSPS) is 9.73. The third-order valence-corrected chi connectivity index (χ3v) is 2.12. The Hall–Kier alpha value is -1.78. The molecule has 1 aromatic heterocycles. The molecule has 0 aliphatic heterocycles. The number of hydrogen-bond acceptors (Lipinski definition) is 3. The minimum absolute atomic E-state index is 0.420. The lowest BCUT2D eigenvalue weighted by Crippen LogP contribution is -2.33. The smallest absolute Gasteiger partial charge is 0.314 e. The third kappa shape index (κ3) is 3.46. The van der Waals surface area contributed by atoms with Gasteiger partial charge in [-0.3, -0.25) is 0 Å². The lowest BCUT2D eigenvalue weighted by atomic mass is 10.2. The van der Waals surface area contributed by atoms with E-state index in [1.54, 1.807) is 26.4 Å². The molecule has 1 heterocycles. The van der Waals surface area contributed by atoms with E-state index >= 15 is 0 Å². The molecule has 15 heavy (non-hydrogen) atoms. The van der Waals surface area contributed by atoms with E-state index in [1.165, 1.54) is 4.90 Å². The number of methoxy groups -OCH3 is 1. The van der Waals surface area contributed by atoms with Crippen molar-refractivity contribution in [3.05, 3.63) is 23.9 Å². The van der Waals surface area contributed by atoms with Gasteiger partial charge in [-0.05, 0) is 12.0 Å². The number of rotatable bonds is 4.